The van der Waals surface area contributed by atoms with E-state index in [0.717, 1.165) is 34.0 Å². The van der Waals surface area contributed by atoms with E-state index in [-0.39, 0.29) is 0 Å². The van der Waals surface area contributed by atoms with Crippen LogP contribution in [-0.2, 0) is 18.5 Å². The summed E-state index contributed by atoms with van der Waals surface area (Å²) in [5.74, 6) is 1.75. The highest BCUT2D eigenvalue weighted by molar-refractivity contribution is 5.77. The Morgan fingerprint density at radius 1 is 1.12 bits per heavy atom. The lowest BCUT2D eigenvalue weighted by Crippen LogP contribution is -2.06. The lowest BCUT2D eigenvalue weighted by atomic mass is 10.1. The SMILES string of the molecule is C/C=C/COc1cc(C)c(OCc2ccc(C=NOC)n2C)c(C)c1. The van der Waals surface area contributed by atoms with E-state index < -0.39 is 0 Å². The molecule has 0 saturated heterocycles. The van der Waals surface area contributed by atoms with E-state index in [0.29, 0.717) is 13.2 Å². The number of nitrogens with zero attached hydrogens (tertiary/aromatic N) is 2. The predicted octanol–water partition coefficient (Wildman–Crippen LogP) is 4.16. The van der Waals surface area contributed by atoms with Crippen LogP contribution in [0.4, 0.5) is 0 Å². The van der Waals surface area contributed by atoms with Crippen molar-refractivity contribution < 1.29 is 14.3 Å². The molecule has 0 amide bonds. The van der Waals surface area contributed by atoms with E-state index in [4.69, 9.17) is 14.3 Å². The van der Waals surface area contributed by atoms with Gasteiger partial charge in [0.2, 0.25) is 0 Å². The van der Waals surface area contributed by atoms with E-state index >= 15 is 0 Å². The van der Waals surface area contributed by atoms with Gasteiger partial charge in [0.1, 0.15) is 31.8 Å². The molecule has 0 spiro atoms. The minimum absolute atomic E-state index is 0.484. The molecular weight excluding hydrogens is 316 g/mol. The first-order chi connectivity index (χ1) is 12.1. The number of ether oxygens (including phenoxy) is 2. The normalized spacial score (nSPS) is 11.4. The van der Waals surface area contributed by atoms with Crippen molar-refractivity contribution in [2.75, 3.05) is 13.7 Å². The number of aromatic nitrogens is 1. The standard InChI is InChI=1S/C20H26N2O3/c1-6-7-10-24-19-11-15(2)20(16(3)12-19)25-14-18-9-8-17(22(18)4)13-21-23-5/h6-9,11-13H,10,14H2,1-5H3/b7-6+,21-13?. The van der Waals surface area contributed by atoms with Crippen LogP contribution < -0.4 is 9.47 Å². The Balaban J connectivity index is 2.08. The maximum Gasteiger partial charge on any atom is 0.128 e. The lowest BCUT2D eigenvalue weighted by molar-refractivity contribution is 0.215. The predicted molar refractivity (Wildman–Crippen MR) is 101 cm³/mol. The molecule has 0 aliphatic rings. The summed E-state index contributed by atoms with van der Waals surface area (Å²) in [4.78, 5) is 4.73. The molecule has 1 aromatic carbocycles. The zero-order valence-electron chi connectivity index (χ0n) is 15.6. The van der Waals surface area contributed by atoms with Crippen molar-refractivity contribution in [2.45, 2.75) is 27.4 Å². The number of benzene rings is 1. The molecule has 0 bridgehead atoms. The number of hydrogen-bond donors (Lipinski definition) is 0. The molecule has 134 valence electrons. The van der Waals surface area contributed by atoms with Crippen molar-refractivity contribution >= 4 is 6.21 Å². The highest BCUT2D eigenvalue weighted by Gasteiger charge is 2.10. The molecule has 1 heterocycles. The molecule has 0 radical (unpaired) electrons. The van der Waals surface area contributed by atoms with Crippen LogP contribution in [0.15, 0.2) is 41.6 Å². The van der Waals surface area contributed by atoms with Crippen LogP contribution in [0, 0.1) is 13.8 Å². The van der Waals surface area contributed by atoms with Gasteiger partial charge in [-0.05, 0) is 56.2 Å². The Morgan fingerprint density at radius 3 is 2.48 bits per heavy atom. The molecule has 5 nitrogen and oxygen atoms in total. The number of allylic oxidation sites excluding steroid dienone is 1. The minimum atomic E-state index is 0.484. The van der Waals surface area contributed by atoms with Gasteiger partial charge in [-0.15, -0.1) is 0 Å². The zero-order valence-corrected chi connectivity index (χ0v) is 15.6. The second kappa shape index (κ2) is 8.97. The Bertz CT molecular complexity index is 737. The third-order valence-electron chi connectivity index (χ3n) is 3.94. The fraction of sp³-hybridized carbons (Fsp3) is 0.350. The summed E-state index contributed by atoms with van der Waals surface area (Å²) in [6, 6.07) is 8.02. The molecule has 0 aliphatic carbocycles. The quantitative estimate of drug-likeness (QED) is 0.411. The number of hydrogen-bond acceptors (Lipinski definition) is 4. The first-order valence-electron chi connectivity index (χ1n) is 8.26. The van der Waals surface area contributed by atoms with Gasteiger partial charge >= 0.3 is 0 Å². The molecular formula is C20H26N2O3. The van der Waals surface area contributed by atoms with Crippen LogP contribution in [-0.4, -0.2) is 24.5 Å². The highest BCUT2D eigenvalue weighted by atomic mass is 16.6. The fourth-order valence-electron chi connectivity index (χ4n) is 2.56. The summed E-state index contributed by atoms with van der Waals surface area (Å²) in [5.41, 5.74) is 4.14. The van der Waals surface area contributed by atoms with Crippen molar-refractivity contribution in [1.82, 2.24) is 4.57 Å². The van der Waals surface area contributed by atoms with E-state index in [1.807, 2.05) is 68.8 Å². The largest absolute Gasteiger partial charge is 0.490 e. The summed E-state index contributed by atoms with van der Waals surface area (Å²) in [6.07, 6.45) is 5.63. The van der Waals surface area contributed by atoms with E-state index in [1.165, 1.54) is 7.11 Å². The van der Waals surface area contributed by atoms with Gasteiger partial charge in [0.15, 0.2) is 0 Å². The maximum atomic E-state index is 6.07. The average molecular weight is 342 g/mol. The summed E-state index contributed by atoms with van der Waals surface area (Å²) in [5, 5.41) is 3.80. The van der Waals surface area contributed by atoms with Gasteiger partial charge in [-0.3, -0.25) is 0 Å². The molecule has 1 aromatic heterocycles. The second-order valence-electron chi connectivity index (χ2n) is 5.78. The first kappa shape index (κ1) is 18.6. The molecule has 0 unspecified atom stereocenters. The van der Waals surface area contributed by atoms with Gasteiger partial charge in [0.25, 0.3) is 0 Å². The molecule has 0 N–H and O–H groups in total. The Kier molecular flexibility index (Phi) is 6.69. The van der Waals surface area contributed by atoms with Crippen molar-refractivity contribution in [1.29, 1.82) is 0 Å². The number of oxime groups is 1. The Morgan fingerprint density at radius 2 is 1.84 bits per heavy atom. The number of aryl methyl sites for hydroxylation is 2. The maximum absolute atomic E-state index is 6.07. The van der Waals surface area contributed by atoms with Crippen molar-refractivity contribution in [2.24, 2.45) is 12.2 Å². The summed E-state index contributed by atoms with van der Waals surface area (Å²) >= 11 is 0. The molecule has 25 heavy (non-hydrogen) atoms. The van der Waals surface area contributed by atoms with Crippen molar-refractivity contribution in [3.05, 3.63) is 58.9 Å². The van der Waals surface area contributed by atoms with Crippen LogP contribution in [0.25, 0.3) is 0 Å². The van der Waals surface area contributed by atoms with Crippen LogP contribution in [0.3, 0.4) is 0 Å². The van der Waals surface area contributed by atoms with Gasteiger partial charge < -0.3 is 18.9 Å². The van der Waals surface area contributed by atoms with Gasteiger partial charge in [-0.25, -0.2) is 0 Å². The summed E-state index contributed by atoms with van der Waals surface area (Å²) in [6.45, 7) is 7.11. The van der Waals surface area contributed by atoms with E-state index in [9.17, 15) is 0 Å². The van der Waals surface area contributed by atoms with E-state index in [2.05, 4.69) is 5.16 Å². The monoisotopic (exact) mass is 342 g/mol. The topological polar surface area (TPSA) is 45.0 Å². The molecule has 2 aromatic rings. The molecule has 5 heteroatoms. The molecule has 0 fully saturated rings. The third-order valence-corrected chi connectivity index (χ3v) is 3.94. The highest BCUT2D eigenvalue weighted by Crippen LogP contribution is 2.29. The van der Waals surface area contributed by atoms with Crippen LogP contribution in [0.1, 0.15) is 29.4 Å². The minimum Gasteiger partial charge on any atom is -0.490 e. The van der Waals surface area contributed by atoms with Gasteiger partial charge in [-0.2, -0.15) is 0 Å². The molecule has 0 aliphatic heterocycles. The van der Waals surface area contributed by atoms with Crippen molar-refractivity contribution in [3.8, 4) is 11.5 Å². The van der Waals surface area contributed by atoms with Crippen LogP contribution in [0.5, 0.6) is 11.5 Å². The molecule has 0 saturated carbocycles. The van der Waals surface area contributed by atoms with Crippen molar-refractivity contribution in [3.63, 3.8) is 0 Å². The number of rotatable bonds is 8. The van der Waals surface area contributed by atoms with Gasteiger partial charge in [0, 0.05) is 7.05 Å². The third kappa shape index (κ3) is 4.89. The van der Waals surface area contributed by atoms with Crippen LogP contribution in [0.2, 0.25) is 0 Å². The summed E-state index contributed by atoms with van der Waals surface area (Å²) in [7, 11) is 3.51. The average Bonchev–Trinajstić information content (AvgIpc) is 2.92. The van der Waals surface area contributed by atoms with Gasteiger partial charge in [-0.1, -0.05) is 17.3 Å². The lowest BCUT2D eigenvalue weighted by Gasteiger charge is -2.15. The zero-order chi connectivity index (χ0) is 18.2. The second-order valence-corrected chi connectivity index (χ2v) is 5.78. The smallest absolute Gasteiger partial charge is 0.128 e. The first-order valence-corrected chi connectivity index (χ1v) is 8.26. The Hall–Kier alpha value is -2.69. The van der Waals surface area contributed by atoms with Gasteiger partial charge in [0.05, 0.1) is 17.6 Å². The Labute approximate surface area is 149 Å². The van der Waals surface area contributed by atoms with Crippen LogP contribution >= 0.6 is 0 Å². The molecule has 0 atom stereocenters. The molecule has 2 rings (SSSR count). The fourth-order valence-corrected chi connectivity index (χ4v) is 2.56. The summed E-state index contributed by atoms with van der Waals surface area (Å²) < 4.78 is 13.8. The van der Waals surface area contributed by atoms with E-state index in [1.54, 1.807) is 6.21 Å².